The van der Waals surface area contributed by atoms with Crippen molar-refractivity contribution in [2.24, 2.45) is 0 Å². The average molecular weight is 398 g/mol. The first-order chi connectivity index (χ1) is 13.5. The molecule has 0 aliphatic rings. The summed E-state index contributed by atoms with van der Waals surface area (Å²) < 4.78 is 19.7. The molecule has 28 heavy (non-hydrogen) atoms. The Kier molecular flexibility index (Phi) is 4.67. The molecule has 0 aliphatic heterocycles. The van der Waals surface area contributed by atoms with Gasteiger partial charge in [0.1, 0.15) is 11.6 Å². The first-order valence-electron chi connectivity index (χ1n) is 8.30. The lowest BCUT2D eigenvalue weighted by Gasteiger charge is -2.06. The van der Waals surface area contributed by atoms with Crippen molar-refractivity contribution in [1.29, 1.82) is 0 Å². The van der Waals surface area contributed by atoms with E-state index in [1.54, 1.807) is 42.5 Å². The lowest BCUT2D eigenvalue weighted by Crippen LogP contribution is -2.16. The van der Waals surface area contributed by atoms with E-state index in [9.17, 15) is 14.0 Å². The maximum atomic E-state index is 13.1. The van der Waals surface area contributed by atoms with Gasteiger partial charge in [-0.3, -0.25) is 9.36 Å². The molecule has 8 heteroatoms. The maximum absolute atomic E-state index is 13.1. The number of halogens is 2. The molecule has 0 atom stereocenters. The molecule has 4 aromatic rings. The zero-order valence-electron chi connectivity index (χ0n) is 14.4. The molecule has 2 heterocycles. The number of benzene rings is 2. The van der Waals surface area contributed by atoms with Crippen molar-refractivity contribution < 1.29 is 13.6 Å². The highest BCUT2D eigenvalue weighted by atomic mass is 35.5. The number of rotatable bonds is 4. The molecule has 0 aliphatic carbocycles. The molecule has 0 saturated carbocycles. The number of fused-ring (bicyclic) bond motifs is 1. The Balaban J connectivity index is 1.65. The van der Waals surface area contributed by atoms with Crippen LogP contribution in [0, 0.1) is 5.82 Å². The number of pyridine rings is 1. The van der Waals surface area contributed by atoms with Gasteiger partial charge < -0.3 is 9.73 Å². The van der Waals surface area contributed by atoms with E-state index >= 15 is 0 Å². The van der Waals surface area contributed by atoms with E-state index in [2.05, 4.69) is 10.3 Å². The summed E-state index contributed by atoms with van der Waals surface area (Å²) in [5, 5.41) is 3.12. The van der Waals surface area contributed by atoms with Gasteiger partial charge in [-0.1, -0.05) is 23.7 Å². The summed E-state index contributed by atoms with van der Waals surface area (Å²) in [5.74, 6) is -0.955. The van der Waals surface area contributed by atoms with Gasteiger partial charge in [0.15, 0.2) is 5.58 Å². The van der Waals surface area contributed by atoms with E-state index in [4.69, 9.17) is 16.0 Å². The van der Waals surface area contributed by atoms with Gasteiger partial charge in [0.25, 0.3) is 5.91 Å². The third-order valence-electron chi connectivity index (χ3n) is 4.15. The fourth-order valence-electron chi connectivity index (χ4n) is 2.76. The van der Waals surface area contributed by atoms with Crippen LogP contribution in [0.2, 0.25) is 5.02 Å². The number of hydrogen-bond donors (Lipinski definition) is 1. The van der Waals surface area contributed by atoms with Crippen molar-refractivity contribution in [2.75, 3.05) is 5.32 Å². The van der Waals surface area contributed by atoms with Crippen molar-refractivity contribution in [1.82, 2.24) is 9.55 Å². The highest BCUT2D eigenvalue weighted by Gasteiger charge is 2.14. The van der Waals surface area contributed by atoms with Gasteiger partial charge in [-0.15, -0.1) is 0 Å². The molecular formula is C20H13ClFN3O3. The van der Waals surface area contributed by atoms with E-state index in [0.717, 1.165) is 5.56 Å². The normalized spacial score (nSPS) is 10.9. The number of aromatic nitrogens is 2. The first kappa shape index (κ1) is 17.9. The minimum atomic E-state index is -0.559. The average Bonchev–Trinajstić information content (AvgIpc) is 3.00. The van der Waals surface area contributed by atoms with Crippen LogP contribution in [-0.2, 0) is 6.54 Å². The summed E-state index contributed by atoms with van der Waals surface area (Å²) >= 11 is 5.79. The van der Waals surface area contributed by atoms with Crippen LogP contribution in [0.4, 0.5) is 10.2 Å². The summed E-state index contributed by atoms with van der Waals surface area (Å²) in [6, 6.07) is 13.7. The van der Waals surface area contributed by atoms with Gasteiger partial charge in [-0.2, -0.15) is 0 Å². The largest absolute Gasteiger partial charge is 0.420 e. The molecule has 0 fully saturated rings. The van der Waals surface area contributed by atoms with Crippen LogP contribution in [-0.4, -0.2) is 15.5 Å². The minimum absolute atomic E-state index is 0.190. The van der Waals surface area contributed by atoms with E-state index in [-0.39, 0.29) is 12.4 Å². The summed E-state index contributed by atoms with van der Waals surface area (Å²) in [6.45, 7) is 0.190. The summed E-state index contributed by atoms with van der Waals surface area (Å²) in [7, 11) is 0. The van der Waals surface area contributed by atoms with Gasteiger partial charge in [0.2, 0.25) is 0 Å². The van der Waals surface area contributed by atoms with Crippen LogP contribution in [0.25, 0.3) is 11.1 Å². The van der Waals surface area contributed by atoms with Crippen LogP contribution in [0.3, 0.4) is 0 Å². The lowest BCUT2D eigenvalue weighted by atomic mass is 10.1. The Morgan fingerprint density at radius 2 is 1.93 bits per heavy atom. The second-order valence-electron chi connectivity index (χ2n) is 6.08. The van der Waals surface area contributed by atoms with Crippen LogP contribution in [0.5, 0.6) is 0 Å². The summed E-state index contributed by atoms with van der Waals surface area (Å²) in [4.78, 5) is 28.7. The molecule has 6 nitrogen and oxygen atoms in total. The fraction of sp³-hybridized carbons (Fsp3) is 0.0500. The van der Waals surface area contributed by atoms with Crippen molar-refractivity contribution in [3.8, 4) is 0 Å². The summed E-state index contributed by atoms with van der Waals surface area (Å²) in [5.41, 5.74) is 1.88. The number of carbonyl (C=O) groups is 1. The second-order valence-corrected chi connectivity index (χ2v) is 6.52. The molecule has 140 valence electrons. The van der Waals surface area contributed by atoms with Crippen molar-refractivity contribution in [2.45, 2.75) is 6.54 Å². The monoisotopic (exact) mass is 397 g/mol. The number of hydrogen-bond acceptors (Lipinski definition) is 4. The maximum Gasteiger partial charge on any atom is 0.420 e. The Labute approximate surface area is 163 Å². The third kappa shape index (κ3) is 3.65. The van der Waals surface area contributed by atoms with Crippen LogP contribution in [0.1, 0.15) is 15.9 Å². The topological polar surface area (TPSA) is 77.1 Å². The Morgan fingerprint density at radius 3 is 2.64 bits per heavy atom. The van der Waals surface area contributed by atoms with Gasteiger partial charge >= 0.3 is 5.76 Å². The number of nitrogens with zero attached hydrogens (tertiary/aromatic N) is 2. The zero-order valence-corrected chi connectivity index (χ0v) is 15.1. The van der Waals surface area contributed by atoms with Gasteiger partial charge in [0.05, 0.1) is 17.1 Å². The fourth-order valence-corrected chi connectivity index (χ4v) is 2.88. The molecule has 0 bridgehead atoms. The van der Waals surface area contributed by atoms with Crippen molar-refractivity contribution in [3.05, 3.63) is 93.3 Å². The number of carbonyl (C=O) groups excluding carboxylic acids is 1. The Hall–Kier alpha value is -3.45. The molecule has 1 N–H and O–H groups in total. The predicted molar refractivity (Wildman–Crippen MR) is 103 cm³/mol. The molecule has 0 radical (unpaired) electrons. The Bertz CT molecular complexity index is 1210. The second kappa shape index (κ2) is 7.28. The van der Waals surface area contributed by atoms with Crippen LogP contribution >= 0.6 is 11.6 Å². The predicted octanol–water partition coefficient (Wildman–Crippen LogP) is 4.08. The van der Waals surface area contributed by atoms with Crippen LogP contribution < -0.4 is 11.1 Å². The van der Waals surface area contributed by atoms with E-state index in [0.29, 0.717) is 27.5 Å². The van der Waals surface area contributed by atoms with Crippen LogP contribution in [0.15, 0.2) is 70.0 Å². The molecule has 0 spiro atoms. The van der Waals surface area contributed by atoms with E-state index in [1.165, 1.54) is 22.9 Å². The number of nitrogens with one attached hydrogen (secondary N) is 1. The highest BCUT2D eigenvalue weighted by Crippen LogP contribution is 2.18. The van der Waals surface area contributed by atoms with Crippen molar-refractivity contribution in [3.63, 3.8) is 0 Å². The molecule has 1 amide bonds. The number of anilines is 1. The molecule has 0 saturated heterocycles. The first-order valence-corrected chi connectivity index (χ1v) is 8.68. The third-order valence-corrected chi connectivity index (χ3v) is 4.38. The molecule has 0 unspecified atom stereocenters. The summed E-state index contributed by atoms with van der Waals surface area (Å²) in [6.07, 6.45) is 1.43. The lowest BCUT2D eigenvalue weighted by molar-refractivity contribution is 0.102. The SMILES string of the molecule is O=C(Nc1ccc(Cl)cn1)c1ccc2oc(=O)n(Cc3ccc(F)cc3)c2c1. The number of amides is 1. The standard InChI is InChI=1S/C20H13ClFN3O3/c21-14-4-8-18(23-10-14)24-19(26)13-3-7-17-16(9-13)25(20(27)28-17)11-12-1-5-15(22)6-2-12/h1-10H,11H2,(H,23,24,26). The van der Waals surface area contributed by atoms with Gasteiger partial charge in [-0.05, 0) is 48.0 Å². The van der Waals surface area contributed by atoms with Gasteiger partial charge in [-0.25, -0.2) is 14.2 Å². The highest BCUT2D eigenvalue weighted by molar-refractivity contribution is 6.30. The molecule has 2 aromatic heterocycles. The molecule has 2 aromatic carbocycles. The Morgan fingerprint density at radius 1 is 1.14 bits per heavy atom. The minimum Gasteiger partial charge on any atom is -0.408 e. The molecular weight excluding hydrogens is 385 g/mol. The smallest absolute Gasteiger partial charge is 0.408 e. The zero-order chi connectivity index (χ0) is 19.7. The number of oxazole rings is 1. The quantitative estimate of drug-likeness (QED) is 0.563. The van der Waals surface area contributed by atoms with Gasteiger partial charge in [0, 0.05) is 11.8 Å². The van der Waals surface area contributed by atoms with Crippen molar-refractivity contribution >= 4 is 34.4 Å². The molecule has 4 rings (SSSR count). The van der Waals surface area contributed by atoms with E-state index in [1.807, 2.05) is 0 Å². The van der Waals surface area contributed by atoms with E-state index < -0.39 is 11.7 Å².